The predicted octanol–water partition coefficient (Wildman–Crippen LogP) is 8.79. The minimum Gasteiger partial charge on any atom is -0.309 e. The van der Waals surface area contributed by atoms with Gasteiger partial charge in [-0.05, 0) is 57.3 Å². The number of rotatable bonds is 1. The normalized spacial score (nSPS) is 14.1. The van der Waals surface area contributed by atoms with Crippen molar-refractivity contribution >= 4 is 43.4 Å². The lowest BCUT2D eigenvalue weighted by Gasteiger charge is -2.23. The smallest absolute Gasteiger partial charge is 0.0623 e. The molecule has 0 unspecified atom stereocenters. The zero-order valence-electron chi connectivity index (χ0n) is 20.3. The van der Waals surface area contributed by atoms with E-state index in [9.17, 15) is 0 Å². The summed E-state index contributed by atoms with van der Waals surface area (Å²) in [6.07, 6.45) is 3.81. The molecule has 2 aromatic heterocycles. The van der Waals surface area contributed by atoms with Crippen LogP contribution in [-0.2, 0) is 5.41 Å². The third-order valence-corrected chi connectivity index (χ3v) is 8.20. The molecule has 0 fully saturated rings. The molecule has 5 aromatic carbocycles. The first kappa shape index (κ1) is 19.8. The first-order valence-electron chi connectivity index (χ1n) is 12.6. The number of fused-ring (bicyclic) bond motifs is 11. The summed E-state index contributed by atoms with van der Waals surface area (Å²) >= 11 is 0. The first-order chi connectivity index (χ1) is 17.6. The van der Waals surface area contributed by atoms with Crippen LogP contribution in [0.5, 0.6) is 0 Å². The van der Waals surface area contributed by atoms with Crippen molar-refractivity contribution in [3.05, 3.63) is 121 Å². The number of para-hydroxylation sites is 1. The fourth-order valence-corrected chi connectivity index (χ4v) is 6.68. The second kappa shape index (κ2) is 6.83. The van der Waals surface area contributed by atoms with Crippen LogP contribution in [0.2, 0.25) is 0 Å². The molecule has 0 radical (unpaired) electrons. The molecule has 2 nitrogen and oxygen atoms in total. The van der Waals surface area contributed by atoms with Gasteiger partial charge in [0.05, 0.1) is 11.0 Å². The third kappa shape index (κ3) is 2.39. The van der Waals surface area contributed by atoms with E-state index in [-0.39, 0.29) is 5.41 Å². The molecule has 0 saturated heterocycles. The molecule has 0 amide bonds. The molecular weight excluding hydrogens is 436 g/mol. The highest BCUT2D eigenvalue weighted by atomic mass is 15.0. The lowest BCUT2D eigenvalue weighted by atomic mass is 9.79. The highest BCUT2D eigenvalue weighted by Crippen LogP contribution is 2.56. The van der Waals surface area contributed by atoms with Gasteiger partial charge in [0.15, 0.2) is 0 Å². The molecule has 8 rings (SSSR count). The summed E-state index contributed by atoms with van der Waals surface area (Å²) in [6.45, 7) is 4.78. The van der Waals surface area contributed by atoms with Crippen molar-refractivity contribution < 1.29 is 0 Å². The second-order valence-electron chi connectivity index (χ2n) is 10.4. The van der Waals surface area contributed by atoms with Gasteiger partial charge in [0.1, 0.15) is 0 Å². The van der Waals surface area contributed by atoms with Crippen LogP contribution >= 0.6 is 0 Å². The summed E-state index contributed by atoms with van der Waals surface area (Å²) in [7, 11) is 0. The fourth-order valence-electron chi connectivity index (χ4n) is 6.68. The fraction of sp³-hybridized carbons (Fsp3) is 0.0882. The van der Waals surface area contributed by atoms with Crippen LogP contribution in [0.15, 0.2) is 109 Å². The first-order valence-corrected chi connectivity index (χ1v) is 12.6. The van der Waals surface area contributed by atoms with E-state index >= 15 is 0 Å². The lowest BCUT2D eigenvalue weighted by Crippen LogP contribution is -2.15. The summed E-state index contributed by atoms with van der Waals surface area (Å²) in [5.41, 5.74) is 9.23. The average molecular weight is 461 g/mol. The van der Waals surface area contributed by atoms with Crippen LogP contribution in [0.4, 0.5) is 0 Å². The summed E-state index contributed by atoms with van der Waals surface area (Å²) in [5.74, 6) is 0. The lowest BCUT2D eigenvalue weighted by molar-refractivity contribution is 0.667. The Hall–Kier alpha value is -4.43. The molecule has 36 heavy (non-hydrogen) atoms. The molecule has 0 saturated carbocycles. The molecule has 2 heterocycles. The van der Waals surface area contributed by atoms with Crippen LogP contribution in [0.1, 0.15) is 25.0 Å². The Bertz CT molecular complexity index is 2020. The van der Waals surface area contributed by atoms with Crippen LogP contribution in [0.25, 0.3) is 60.2 Å². The molecular formula is C34H24N2. The topological polar surface area (TPSA) is 17.8 Å². The SMILES string of the molecule is CC1(C)c2ccccc2-c2c1c1c3ccccc3n(-c3ccc4cnccc4c3)c1c1ccccc21. The highest BCUT2D eigenvalue weighted by Gasteiger charge is 2.39. The number of nitrogens with zero attached hydrogens (tertiary/aromatic N) is 2. The quantitative estimate of drug-likeness (QED) is 0.239. The molecule has 0 atom stereocenters. The standard InChI is InChI=1S/C34H24N2/c1-34(2)28-13-7-5-11-26(28)30-24-9-3-4-10-25(24)33-31(32(30)34)27-12-6-8-14-29(27)36(33)23-16-15-22-20-35-18-17-21(22)19-23/h3-20H,1-2H3. The van der Waals surface area contributed by atoms with Crippen LogP contribution in [0, 0.1) is 0 Å². The minimum absolute atomic E-state index is 0.0990. The molecule has 0 aliphatic heterocycles. The maximum atomic E-state index is 4.31. The predicted molar refractivity (Wildman–Crippen MR) is 151 cm³/mol. The van der Waals surface area contributed by atoms with E-state index < -0.39 is 0 Å². The van der Waals surface area contributed by atoms with Gasteiger partial charge in [-0.25, -0.2) is 0 Å². The highest BCUT2D eigenvalue weighted by molar-refractivity contribution is 6.25. The summed E-state index contributed by atoms with van der Waals surface area (Å²) < 4.78 is 2.48. The molecule has 2 heteroatoms. The Morgan fingerprint density at radius 3 is 2.33 bits per heavy atom. The van der Waals surface area contributed by atoms with E-state index in [1.54, 1.807) is 0 Å². The van der Waals surface area contributed by atoms with Crippen LogP contribution in [-0.4, -0.2) is 9.55 Å². The number of benzene rings is 5. The van der Waals surface area contributed by atoms with E-state index in [1.807, 2.05) is 12.4 Å². The second-order valence-corrected chi connectivity index (χ2v) is 10.4. The van der Waals surface area contributed by atoms with Gasteiger partial charge in [0.25, 0.3) is 0 Å². The molecule has 0 spiro atoms. The number of hydrogen-bond donors (Lipinski definition) is 0. The van der Waals surface area contributed by atoms with E-state index in [4.69, 9.17) is 0 Å². The summed E-state index contributed by atoms with van der Waals surface area (Å²) in [6, 6.07) is 35.6. The Balaban J connectivity index is 1.65. The third-order valence-electron chi connectivity index (χ3n) is 8.20. The van der Waals surface area contributed by atoms with Crippen molar-refractivity contribution in [1.29, 1.82) is 0 Å². The Morgan fingerprint density at radius 1 is 0.694 bits per heavy atom. The Morgan fingerprint density at radius 2 is 1.44 bits per heavy atom. The Labute approximate surface area is 209 Å². The van der Waals surface area contributed by atoms with E-state index in [2.05, 4.69) is 120 Å². The Kier molecular flexibility index (Phi) is 3.76. The van der Waals surface area contributed by atoms with Crippen molar-refractivity contribution in [2.45, 2.75) is 19.3 Å². The zero-order chi connectivity index (χ0) is 24.0. The van der Waals surface area contributed by atoms with Gasteiger partial charge < -0.3 is 4.57 Å². The minimum atomic E-state index is -0.0990. The van der Waals surface area contributed by atoms with Gasteiger partial charge in [-0.15, -0.1) is 0 Å². The monoisotopic (exact) mass is 460 g/mol. The molecule has 1 aliphatic carbocycles. The van der Waals surface area contributed by atoms with Crippen LogP contribution in [0.3, 0.4) is 0 Å². The zero-order valence-corrected chi connectivity index (χ0v) is 20.3. The van der Waals surface area contributed by atoms with Crippen molar-refractivity contribution in [1.82, 2.24) is 9.55 Å². The van der Waals surface area contributed by atoms with Gasteiger partial charge in [0.2, 0.25) is 0 Å². The van der Waals surface area contributed by atoms with Crippen LogP contribution < -0.4 is 0 Å². The van der Waals surface area contributed by atoms with Crippen molar-refractivity contribution in [2.75, 3.05) is 0 Å². The van der Waals surface area contributed by atoms with Gasteiger partial charge >= 0.3 is 0 Å². The maximum absolute atomic E-state index is 4.31. The van der Waals surface area contributed by atoms with Gasteiger partial charge in [0, 0.05) is 45.0 Å². The number of aromatic nitrogens is 2. The molecule has 0 bridgehead atoms. The molecule has 1 aliphatic rings. The van der Waals surface area contributed by atoms with Crippen molar-refractivity contribution in [2.24, 2.45) is 0 Å². The van der Waals surface area contributed by atoms with Gasteiger partial charge in [-0.2, -0.15) is 0 Å². The van der Waals surface area contributed by atoms with Gasteiger partial charge in [-0.3, -0.25) is 4.98 Å². The van der Waals surface area contributed by atoms with Crippen molar-refractivity contribution in [3.63, 3.8) is 0 Å². The van der Waals surface area contributed by atoms with E-state index in [0.717, 1.165) is 5.39 Å². The summed E-state index contributed by atoms with van der Waals surface area (Å²) in [4.78, 5) is 4.31. The average Bonchev–Trinajstić information content (AvgIpc) is 3.38. The summed E-state index contributed by atoms with van der Waals surface area (Å²) in [5, 5.41) is 7.66. The van der Waals surface area contributed by atoms with Crippen molar-refractivity contribution in [3.8, 4) is 16.8 Å². The molecule has 7 aromatic rings. The van der Waals surface area contributed by atoms with E-state index in [0.29, 0.717) is 0 Å². The van der Waals surface area contributed by atoms with Gasteiger partial charge in [-0.1, -0.05) is 86.6 Å². The largest absolute Gasteiger partial charge is 0.309 e. The number of hydrogen-bond acceptors (Lipinski definition) is 1. The maximum Gasteiger partial charge on any atom is 0.0623 e. The molecule has 0 N–H and O–H groups in total. The van der Waals surface area contributed by atoms with E-state index in [1.165, 1.54) is 65.9 Å². The molecule has 170 valence electrons. The number of pyridine rings is 1.